The number of amides is 1. The zero-order valence-corrected chi connectivity index (χ0v) is 36.1. The molecule has 0 radical (unpaired) electrons. The fraction of sp³-hybridized carbons (Fsp3) is 0.872. The van der Waals surface area contributed by atoms with Crippen molar-refractivity contribution in [3.8, 4) is 0 Å². The molecule has 0 aliphatic carbocycles. The van der Waals surface area contributed by atoms with E-state index in [0.717, 1.165) is 0 Å². The van der Waals surface area contributed by atoms with Crippen molar-refractivity contribution < 1.29 is 42.9 Å². The Morgan fingerprint density at radius 3 is 1.02 bits per heavy atom. The lowest BCUT2D eigenvalue weighted by Gasteiger charge is -2.40. The molecule has 0 spiro atoms. The van der Waals surface area contributed by atoms with E-state index in [1.807, 2.05) is 81.9 Å². The molecular weight excluding hydrogens is 696 g/mol. The van der Waals surface area contributed by atoms with Gasteiger partial charge in [-0.15, -0.1) is 0 Å². The van der Waals surface area contributed by atoms with E-state index in [2.05, 4.69) is 5.32 Å². The molecule has 1 saturated heterocycles. The van der Waals surface area contributed by atoms with Crippen LogP contribution in [-0.4, -0.2) is 161 Å². The summed E-state index contributed by atoms with van der Waals surface area (Å²) in [6.45, 7) is 30.1. The van der Waals surface area contributed by atoms with Gasteiger partial charge in [0.15, 0.2) is 0 Å². The molecule has 1 aliphatic heterocycles. The number of nitrogens with zero attached hydrogens (tertiary/aromatic N) is 4. The fourth-order valence-electron chi connectivity index (χ4n) is 5.75. The Morgan fingerprint density at radius 1 is 0.500 bits per heavy atom. The third-order valence-corrected chi connectivity index (χ3v) is 8.55. The average molecular weight is 771 g/mol. The molecule has 54 heavy (non-hydrogen) atoms. The summed E-state index contributed by atoms with van der Waals surface area (Å²) in [4.78, 5) is 75.2. The van der Waals surface area contributed by atoms with Crippen LogP contribution < -0.4 is 11.1 Å². The van der Waals surface area contributed by atoms with E-state index < -0.39 is 64.5 Å². The van der Waals surface area contributed by atoms with Gasteiger partial charge in [-0.05, 0) is 104 Å². The summed E-state index contributed by atoms with van der Waals surface area (Å²) >= 11 is 0. The van der Waals surface area contributed by atoms with Crippen LogP contribution in [-0.2, 0) is 42.9 Å². The number of rotatable bonds is 12. The van der Waals surface area contributed by atoms with Crippen LogP contribution >= 0.6 is 0 Å². The first-order valence-electron chi connectivity index (χ1n) is 19.4. The molecule has 3 N–H and O–H groups in total. The summed E-state index contributed by atoms with van der Waals surface area (Å²) in [5.74, 6) is -2.11. The summed E-state index contributed by atoms with van der Waals surface area (Å²) in [5, 5.41) is 2.77. The van der Waals surface area contributed by atoms with Gasteiger partial charge in [0.25, 0.3) is 0 Å². The molecule has 0 saturated carbocycles. The molecule has 1 rings (SSSR count). The summed E-state index contributed by atoms with van der Waals surface area (Å²) < 4.78 is 23.2. The molecule has 0 aromatic heterocycles. The van der Waals surface area contributed by atoms with Gasteiger partial charge in [-0.1, -0.05) is 0 Å². The number of nitrogens with two attached hydrogens (primary N) is 1. The van der Waals surface area contributed by atoms with Crippen LogP contribution in [0.1, 0.15) is 110 Å². The molecule has 0 bridgehead atoms. The van der Waals surface area contributed by atoms with Gasteiger partial charge < -0.3 is 30.0 Å². The van der Waals surface area contributed by atoms with Gasteiger partial charge in [0.2, 0.25) is 5.91 Å². The fourth-order valence-corrected chi connectivity index (χ4v) is 5.75. The minimum atomic E-state index is -0.981. The molecule has 15 nitrogen and oxygen atoms in total. The largest absolute Gasteiger partial charge is 0.459 e. The maximum atomic E-state index is 13.9. The number of hydrogen-bond acceptors (Lipinski definition) is 14. The maximum Gasteiger partial charge on any atom is 0.324 e. The highest BCUT2D eigenvalue weighted by molar-refractivity contribution is 5.85. The van der Waals surface area contributed by atoms with Crippen molar-refractivity contribution in [3.63, 3.8) is 0 Å². The Labute approximate surface area is 325 Å². The average Bonchev–Trinajstić information content (AvgIpc) is 2.98. The first-order chi connectivity index (χ1) is 24.5. The Bertz CT molecular complexity index is 1180. The van der Waals surface area contributed by atoms with E-state index in [9.17, 15) is 24.0 Å². The number of carbonyl (C=O) groups excluding carboxylic acids is 5. The Balaban J connectivity index is 3.78. The molecule has 15 heteroatoms. The minimum Gasteiger partial charge on any atom is -0.459 e. The Morgan fingerprint density at radius 2 is 0.759 bits per heavy atom. The lowest BCUT2D eigenvalue weighted by molar-refractivity contribution is -0.166. The molecule has 1 amide bonds. The Hall–Kier alpha value is -2.85. The first-order valence-corrected chi connectivity index (χ1v) is 19.4. The van der Waals surface area contributed by atoms with Crippen LogP contribution in [0, 0.1) is 0 Å². The van der Waals surface area contributed by atoms with E-state index in [0.29, 0.717) is 39.3 Å². The minimum absolute atomic E-state index is 0.181. The van der Waals surface area contributed by atoms with E-state index >= 15 is 0 Å². The molecule has 1 fully saturated rings. The molecular formula is C39H74N6O9. The Kier molecular flexibility index (Phi) is 19.0. The first kappa shape index (κ1) is 49.2. The van der Waals surface area contributed by atoms with Crippen molar-refractivity contribution in [2.24, 2.45) is 5.73 Å². The summed E-state index contributed by atoms with van der Waals surface area (Å²) in [5.41, 5.74) is 2.70. The zero-order chi connectivity index (χ0) is 41.8. The lowest BCUT2D eigenvalue weighted by atomic mass is 10.1. The summed E-state index contributed by atoms with van der Waals surface area (Å²) in [7, 11) is 0. The highest BCUT2D eigenvalue weighted by Gasteiger charge is 2.37. The topological polar surface area (TPSA) is 173 Å². The van der Waals surface area contributed by atoms with E-state index in [-0.39, 0.29) is 44.5 Å². The quantitative estimate of drug-likeness (QED) is 0.219. The van der Waals surface area contributed by atoms with E-state index in [4.69, 9.17) is 24.7 Å². The van der Waals surface area contributed by atoms with Crippen LogP contribution in [0.2, 0.25) is 0 Å². The van der Waals surface area contributed by atoms with Gasteiger partial charge in [0, 0.05) is 65.4 Å². The van der Waals surface area contributed by atoms with Crippen LogP contribution in [0.25, 0.3) is 0 Å². The van der Waals surface area contributed by atoms with Gasteiger partial charge in [0.05, 0.1) is 6.42 Å². The highest BCUT2D eigenvalue weighted by Crippen LogP contribution is 2.19. The van der Waals surface area contributed by atoms with Crippen LogP contribution in [0.15, 0.2) is 0 Å². The van der Waals surface area contributed by atoms with Crippen molar-refractivity contribution in [3.05, 3.63) is 0 Å². The standard InChI is InChI=1S/C39H74N6O9/c1-27(32(47)51-36(4,5)6)42-18-20-43(28(2)33(48)52-37(7,8)9)22-24-45(25-23-44(21-19-42)29(3)34(49)53-38(10,11)12)30(26-31(46)41-17-16-40)35(50)54-39(13,14)15/h27-30H,16-26,40H2,1-15H3,(H,41,46)/t27-,28-,29-,30?/m1/s1. The number of hydrogen-bond donors (Lipinski definition) is 2. The third-order valence-electron chi connectivity index (χ3n) is 8.55. The van der Waals surface area contributed by atoms with Gasteiger partial charge in [-0.3, -0.25) is 43.6 Å². The molecule has 0 aromatic rings. The second-order valence-electron chi connectivity index (χ2n) is 18.2. The van der Waals surface area contributed by atoms with E-state index in [1.54, 1.807) is 41.5 Å². The predicted molar refractivity (Wildman–Crippen MR) is 209 cm³/mol. The van der Waals surface area contributed by atoms with Crippen molar-refractivity contribution in [2.75, 3.05) is 65.4 Å². The molecule has 0 aromatic carbocycles. The smallest absolute Gasteiger partial charge is 0.324 e. The molecule has 314 valence electrons. The lowest BCUT2D eigenvalue weighted by Crippen LogP contribution is -2.57. The number of ether oxygens (including phenoxy) is 4. The van der Waals surface area contributed by atoms with Gasteiger partial charge in [-0.2, -0.15) is 0 Å². The maximum absolute atomic E-state index is 13.9. The van der Waals surface area contributed by atoms with Gasteiger partial charge in [-0.25, -0.2) is 0 Å². The second kappa shape index (κ2) is 20.9. The third kappa shape index (κ3) is 19.1. The number of esters is 4. The number of carbonyl (C=O) groups is 5. The predicted octanol–water partition coefficient (Wildman–Crippen LogP) is 2.57. The van der Waals surface area contributed by atoms with Crippen LogP contribution in [0.3, 0.4) is 0 Å². The van der Waals surface area contributed by atoms with Gasteiger partial charge in [0.1, 0.15) is 46.6 Å². The van der Waals surface area contributed by atoms with Crippen molar-refractivity contribution in [1.29, 1.82) is 0 Å². The normalized spacial score (nSPS) is 19.3. The monoisotopic (exact) mass is 771 g/mol. The van der Waals surface area contributed by atoms with Crippen molar-refractivity contribution >= 4 is 29.8 Å². The molecule has 1 heterocycles. The highest BCUT2D eigenvalue weighted by atomic mass is 16.6. The second-order valence-corrected chi connectivity index (χ2v) is 18.2. The van der Waals surface area contributed by atoms with Crippen molar-refractivity contribution in [2.45, 2.75) is 157 Å². The summed E-state index contributed by atoms with van der Waals surface area (Å²) in [6.07, 6.45) is -0.181. The van der Waals surface area contributed by atoms with Crippen LogP contribution in [0.5, 0.6) is 0 Å². The SMILES string of the molecule is C[C@H](C(=O)OC(C)(C)C)N1CCN(C(CC(=O)NCCN)C(=O)OC(C)(C)C)CCN([C@H](C)C(=O)OC(C)(C)C)CCN([C@H](C)C(=O)OC(C)(C)C)CC1. The van der Waals surface area contributed by atoms with Crippen molar-refractivity contribution in [1.82, 2.24) is 24.9 Å². The molecule has 1 aliphatic rings. The number of nitrogens with one attached hydrogen (secondary N) is 1. The van der Waals surface area contributed by atoms with Crippen LogP contribution in [0.4, 0.5) is 0 Å². The zero-order valence-electron chi connectivity index (χ0n) is 36.1. The molecule has 4 atom stereocenters. The van der Waals surface area contributed by atoms with Gasteiger partial charge >= 0.3 is 23.9 Å². The molecule has 1 unspecified atom stereocenters. The van der Waals surface area contributed by atoms with E-state index in [1.165, 1.54) is 0 Å². The summed E-state index contributed by atoms with van der Waals surface area (Å²) in [6, 6.07) is -2.97.